The van der Waals surface area contributed by atoms with Crippen molar-refractivity contribution in [1.29, 1.82) is 0 Å². The van der Waals surface area contributed by atoms with Gasteiger partial charge in [0, 0.05) is 26.3 Å². The fraction of sp³-hybridized carbons (Fsp3) is 0.500. The molecule has 0 radical (unpaired) electrons. The quantitative estimate of drug-likeness (QED) is 0.873. The third-order valence-electron chi connectivity index (χ3n) is 4.52. The maximum atomic E-state index is 12.3. The summed E-state index contributed by atoms with van der Waals surface area (Å²) in [5.41, 5.74) is 0.748. The van der Waals surface area contributed by atoms with E-state index >= 15 is 0 Å². The van der Waals surface area contributed by atoms with Gasteiger partial charge in [-0.15, -0.1) is 0 Å². The summed E-state index contributed by atoms with van der Waals surface area (Å²) < 4.78 is 15.1. The molecule has 0 aliphatic carbocycles. The topological polar surface area (TPSA) is 69.5 Å². The summed E-state index contributed by atoms with van der Waals surface area (Å²) in [6.45, 7) is 7.34. The van der Waals surface area contributed by atoms with Gasteiger partial charge in [-0.25, -0.2) is 16.5 Å². The number of likely N-dealkylation sites (tertiary alicyclic amines) is 1. The Morgan fingerprint density at radius 2 is 2.48 bits per heavy atom. The zero-order chi connectivity index (χ0) is 18.2. The van der Waals surface area contributed by atoms with Crippen molar-refractivity contribution in [3.8, 4) is 0 Å². The molecule has 0 saturated carbocycles. The van der Waals surface area contributed by atoms with Crippen molar-refractivity contribution in [2.75, 3.05) is 31.5 Å². The fourth-order valence-corrected chi connectivity index (χ4v) is 3.15. The third-order valence-corrected chi connectivity index (χ3v) is 4.52. The Hall–Kier alpha value is -2.62. The van der Waals surface area contributed by atoms with Crippen LogP contribution in [0, 0.1) is 12.5 Å². The number of carbonyl (C=O) groups is 1. The van der Waals surface area contributed by atoms with E-state index in [-0.39, 0.29) is 6.04 Å². The molecule has 120 valence electrons. The second kappa shape index (κ2) is 6.24. The van der Waals surface area contributed by atoms with Gasteiger partial charge in [0.05, 0.1) is 11.4 Å². The summed E-state index contributed by atoms with van der Waals surface area (Å²) >= 11 is 0. The van der Waals surface area contributed by atoms with Crippen molar-refractivity contribution in [1.82, 2.24) is 19.9 Å². The van der Waals surface area contributed by atoms with Gasteiger partial charge in [-0.05, 0) is 18.4 Å². The first-order valence-corrected chi connectivity index (χ1v) is 7.54. The molecule has 7 heteroatoms. The number of hydrogen-bond acceptors (Lipinski definition) is 4. The zero-order valence-corrected chi connectivity index (χ0v) is 13.2. The Labute approximate surface area is 137 Å². The van der Waals surface area contributed by atoms with Gasteiger partial charge in [-0.1, -0.05) is 6.92 Å². The predicted octanol–water partition coefficient (Wildman–Crippen LogP) is 1.55. The molecule has 0 spiro atoms. The molecule has 1 saturated heterocycles. The lowest BCUT2D eigenvalue weighted by atomic mass is 9.92. The number of piperidine rings is 1. The molecule has 0 aromatic carbocycles. The Bertz CT molecular complexity index is 829. The van der Waals surface area contributed by atoms with E-state index in [9.17, 15) is 4.79 Å². The Balaban J connectivity index is 1.86. The van der Waals surface area contributed by atoms with E-state index in [0.717, 1.165) is 23.3 Å². The van der Waals surface area contributed by atoms with Gasteiger partial charge < -0.3 is 19.6 Å². The second-order valence-corrected chi connectivity index (χ2v) is 5.86. The number of H-pyrrole nitrogens is 1. The number of rotatable bonds is 3. The highest BCUT2D eigenvalue weighted by Gasteiger charge is 2.33. The summed E-state index contributed by atoms with van der Waals surface area (Å²) in [6, 6.07) is 1.89. The smallest absolute Gasteiger partial charge is 0.302 e. The van der Waals surface area contributed by atoms with Crippen LogP contribution < -0.4 is 4.90 Å². The summed E-state index contributed by atoms with van der Waals surface area (Å²) in [7, 11) is 1.92. The van der Waals surface area contributed by atoms with Crippen LogP contribution in [0.15, 0.2) is 18.6 Å². The lowest BCUT2D eigenvalue weighted by Gasteiger charge is -2.41. The van der Waals surface area contributed by atoms with Gasteiger partial charge in [-0.2, -0.15) is 0 Å². The Kier molecular flexibility index (Phi) is 3.50. The Morgan fingerprint density at radius 1 is 1.65 bits per heavy atom. The second-order valence-electron chi connectivity index (χ2n) is 5.86. The average Bonchev–Trinajstić information content (AvgIpc) is 3.09. The summed E-state index contributed by atoms with van der Waals surface area (Å²) in [4.78, 5) is 30.3. The van der Waals surface area contributed by atoms with E-state index in [1.165, 1.54) is 11.2 Å². The number of anilines is 1. The van der Waals surface area contributed by atoms with Crippen LogP contribution in [-0.4, -0.2) is 58.4 Å². The molecule has 3 rings (SSSR count). The monoisotopic (exact) mass is 314 g/mol. The molecule has 23 heavy (non-hydrogen) atoms. The van der Waals surface area contributed by atoms with Crippen molar-refractivity contribution < 1.29 is 7.54 Å². The van der Waals surface area contributed by atoms with Crippen LogP contribution in [0.4, 0.5) is 5.82 Å². The van der Waals surface area contributed by atoms with Crippen molar-refractivity contribution in [2.45, 2.75) is 19.4 Å². The average molecular weight is 314 g/mol. The van der Waals surface area contributed by atoms with Gasteiger partial charge in [0.25, 0.3) is 6.50 Å². The number of nitrogens with zero attached hydrogens (tertiary/aromatic N) is 5. The lowest BCUT2D eigenvalue weighted by Crippen LogP contribution is -2.53. The molecule has 1 amide bonds. The molecule has 3 heterocycles. The highest BCUT2D eigenvalue weighted by molar-refractivity contribution is 5.87. The van der Waals surface area contributed by atoms with Crippen molar-refractivity contribution in [2.24, 2.45) is 5.92 Å². The Morgan fingerprint density at radius 3 is 3.26 bits per heavy atom. The largest absolute Gasteiger partial charge is 0.354 e. The number of nitrogens with one attached hydrogen (secondary N) is 1. The first-order chi connectivity index (χ1) is 11.8. The first-order valence-electron chi connectivity index (χ1n) is 8.54. The predicted molar refractivity (Wildman–Crippen MR) is 87.9 cm³/mol. The molecule has 1 aliphatic heterocycles. The van der Waals surface area contributed by atoms with Crippen LogP contribution in [0.1, 0.15) is 16.1 Å². The number of likely N-dealkylation sites (N-methyl/N-ethyl adjacent to an activating group) is 1. The lowest BCUT2D eigenvalue weighted by molar-refractivity contribution is -0.130. The van der Waals surface area contributed by atoms with E-state index in [1.54, 1.807) is 6.20 Å². The van der Waals surface area contributed by atoms with Crippen LogP contribution in [-0.2, 0) is 4.79 Å². The van der Waals surface area contributed by atoms with Crippen molar-refractivity contribution in [3.63, 3.8) is 0 Å². The molecule has 2 aromatic rings. The molecule has 1 fully saturated rings. The molecule has 2 aromatic heterocycles. The van der Waals surface area contributed by atoms with Gasteiger partial charge in [0.15, 0.2) is 0 Å². The van der Waals surface area contributed by atoms with E-state index in [1.807, 2.05) is 18.0 Å². The van der Waals surface area contributed by atoms with Gasteiger partial charge in [0.1, 0.15) is 20.5 Å². The number of fused-ring (bicyclic) bond motifs is 1. The highest BCUT2D eigenvalue weighted by atomic mass is 16.2. The maximum absolute atomic E-state index is 12.3. The van der Waals surface area contributed by atoms with E-state index in [0.29, 0.717) is 19.0 Å². The number of aromatic amines is 1. The maximum Gasteiger partial charge on any atom is 0.302 e. The van der Waals surface area contributed by atoms with Gasteiger partial charge in [0.2, 0.25) is 0 Å². The number of hydrogen-bond donors (Lipinski definition) is 1. The number of aromatic nitrogens is 3. The zero-order valence-electron chi connectivity index (χ0n) is 15.2. The normalized spacial score (nSPS) is 23.1. The summed E-state index contributed by atoms with van der Waals surface area (Å²) in [6.07, 6.45) is 4.05. The summed E-state index contributed by atoms with van der Waals surface area (Å²) in [5.74, 6) is 0.310. The van der Waals surface area contributed by atoms with Crippen LogP contribution in [0.25, 0.3) is 15.9 Å². The SMILES string of the molecule is [2H]C([2H])([N+]#[C-])C(=O)N1CC[C@@H](C)[C@@H](N(C)c2ncnc3[nH]ccc23)C1. The minimum Gasteiger partial charge on any atom is -0.354 e. The van der Waals surface area contributed by atoms with Crippen LogP contribution in [0.2, 0.25) is 0 Å². The van der Waals surface area contributed by atoms with Crippen molar-refractivity contribution in [3.05, 3.63) is 30.0 Å². The minimum atomic E-state index is -2.51. The van der Waals surface area contributed by atoms with E-state index in [2.05, 4.69) is 26.7 Å². The number of amides is 1. The summed E-state index contributed by atoms with van der Waals surface area (Å²) in [5, 5.41) is 0.900. The number of carbonyl (C=O) groups excluding carboxylic acids is 1. The molecule has 1 aliphatic rings. The van der Waals surface area contributed by atoms with Gasteiger partial charge in [-0.3, -0.25) is 4.79 Å². The highest BCUT2D eigenvalue weighted by Crippen LogP contribution is 2.28. The molecule has 2 atom stereocenters. The standard InChI is InChI=1S/C16H20N6O/c1-11-5-7-22(14(23)8-17-2)9-13(11)21(3)16-12-4-6-18-15(12)19-10-20-16/h4,6,10-11,13H,5,7-9H2,1,3H3,(H,18,19,20)/t11-,13+/m1/s1/i8D2. The fourth-order valence-electron chi connectivity index (χ4n) is 3.15. The molecule has 0 bridgehead atoms. The van der Waals surface area contributed by atoms with Crippen molar-refractivity contribution >= 4 is 22.8 Å². The third kappa shape index (κ3) is 2.84. The molecule has 7 nitrogen and oxygen atoms in total. The van der Waals surface area contributed by atoms with Crippen LogP contribution in [0.3, 0.4) is 0 Å². The molecular weight excluding hydrogens is 292 g/mol. The van der Waals surface area contributed by atoms with Crippen LogP contribution >= 0.6 is 0 Å². The molecule has 0 unspecified atom stereocenters. The van der Waals surface area contributed by atoms with Crippen LogP contribution in [0.5, 0.6) is 0 Å². The van der Waals surface area contributed by atoms with E-state index < -0.39 is 12.4 Å². The van der Waals surface area contributed by atoms with Gasteiger partial charge >= 0.3 is 5.91 Å². The van der Waals surface area contributed by atoms with E-state index in [4.69, 9.17) is 9.31 Å². The molecule has 1 N–H and O–H groups in total. The first kappa shape index (κ1) is 12.9. The molecular formula is C16H20N6O. The minimum absolute atomic E-state index is 0.0211.